The van der Waals surface area contributed by atoms with Gasteiger partial charge < -0.3 is 16.0 Å². The van der Waals surface area contributed by atoms with Gasteiger partial charge in [-0.25, -0.2) is 18.2 Å². The topological polar surface area (TPSA) is 117 Å². The molecule has 10 heteroatoms. The molecule has 2 heterocycles. The van der Waals surface area contributed by atoms with E-state index < -0.39 is 28.0 Å². The number of carbonyl (C=O) groups is 2. The Bertz CT molecular complexity index is 730. The van der Waals surface area contributed by atoms with E-state index in [1.165, 1.54) is 11.3 Å². The number of hydrogen-bond acceptors (Lipinski definition) is 6. The van der Waals surface area contributed by atoms with Crippen molar-refractivity contribution in [2.45, 2.75) is 45.7 Å². The van der Waals surface area contributed by atoms with E-state index in [0.29, 0.717) is 18.0 Å². The summed E-state index contributed by atoms with van der Waals surface area (Å²) in [4.78, 5) is 28.8. The smallest absolute Gasteiger partial charge is 0.315 e. The van der Waals surface area contributed by atoms with Crippen LogP contribution in [0.5, 0.6) is 0 Å². The van der Waals surface area contributed by atoms with Crippen molar-refractivity contribution in [1.82, 2.24) is 15.6 Å². The molecule has 8 nitrogen and oxygen atoms in total. The van der Waals surface area contributed by atoms with Gasteiger partial charge in [0.2, 0.25) is 5.91 Å². The number of hydrogen-bond donors (Lipinski definition) is 3. The third kappa shape index (κ3) is 6.28. The van der Waals surface area contributed by atoms with Crippen LogP contribution in [0.25, 0.3) is 0 Å². The zero-order chi connectivity index (χ0) is 18.6. The summed E-state index contributed by atoms with van der Waals surface area (Å²) in [5, 5.41) is 10.3. The quantitative estimate of drug-likeness (QED) is 0.679. The molecule has 0 aromatic carbocycles. The number of nitrogens with one attached hydrogen (secondary N) is 3. The van der Waals surface area contributed by atoms with Crippen molar-refractivity contribution in [3.05, 3.63) is 11.1 Å². The maximum absolute atomic E-state index is 12.5. The van der Waals surface area contributed by atoms with Crippen LogP contribution in [0.2, 0.25) is 0 Å². The standard InChI is InChI=1S/C15H24N4O4S2/c1-9(2)6-12(13(20)19-15-16-10(3)7-24-15)18-14(21)17-11-4-5-25(22,23)8-11/h7,9,11-12H,4-6,8H2,1-3H3,(H,16,19,20)(H2,17,18,21)/t11?,12-/m1/s1. The number of sulfone groups is 1. The zero-order valence-electron chi connectivity index (χ0n) is 14.5. The molecule has 0 saturated carbocycles. The molecule has 1 unspecified atom stereocenters. The lowest BCUT2D eigenvalue weighted by atomic mass is 10.0. The first-order valence-corrected chi connectivity index (χ1v) is 10.8. The highest BCUT2D eigenvalue weighted by molar-refractivity contribution is 7.91. The number of rotatable bonds is 6. The molecule has 1 aliphatic heterocycles. The number of amides is 3. The molecule has 140 valence electrons. The van der Waals surface area contributed by atoms with E-state index in [4.69, 9.17) is 0 Å². The minimum absolute atomic E-state index is 0.0557. The predicted molar refractivity (Wildman–Crippen MR) is 97.4 cm³/mol. The van der Waals surface area contributed by atoms with Crippen LogP contribution in [0, 0.1) is 12.8 Å². The molecular weight excluding hydrogens is 364 g/mol. The number of aromatic nitrogens is 1. The van der Waals surface area contributed by atoms with Gasteiger partial charge in [-0.3, -0.25) is 4.79 Å². The van der Waals surface area contributed by atoms with Crippen molar-refractivity contribution >= 4 is 38.2 Å². The fourth-order valence-electron chi connectivity index (χ4n) is 2.60. The molecule has 3 N–H and O–H groups in total. The Hall–Kier alpha value is -1.68. The molecule has 3 amide bonds. The van der Waals surface area contributed by atoms with Crippen LogP contribution in [0.3, 0.4) is 0 Å². The molecule has 2 atom stereocenters. The Morgan fingerprint density at radius 2 is 2.12 bits per heavy atom. The van der Waals surface area contributed by atoms with E-state index in [-0.39, 0.29) is 23.3 Å². The third-order valence-corrected chi connectivity index (χ3v) is 6.39. The highest BCUT2D eigenvalue weighted by atomic mass is 32.2. The molecule has 1 fully saturated rings. The Morgan fingerprint density at radius 1 is 1.40 bits per heavy atom. The van der Waals surface area contributed by atoms with E-state index in [9.17, 15) is 18.0 Å². The number of carbonyl (C=O) groups excluding carboxylic acids is 2. The van der Waals surface area contributed by atoms with Crippen LogP contribution >= 0.6 is 11.3 Å². The number of aryl methyl sites for hydroxylation is 1. The van der Waals surface area contributed by atoms with E-state index in [1.807, 2.05) is 26.2 Å². The van der Waals surface area contributed by atoms with Crippen LogP contribution in [0.15, 0.2) is 5.38 Å². The minimum atomic E-state index is -3.07. The molecule has 1 saturated heterocycles. The van der Waals surface area contributed by atoms with Crippen LogP contribution in [0.4, 0.5) is 9.93 Å². The van der Waals surface area contributed by atoms with Gasteiger partial charge in [-0.2, -0.15) is 0 Å². The Balaban J connectivity index is 1.94. The maximum Gasteiger partial charge on any atom is 0.315 e. The number of anilines is 1. The van der Waals surface area contributed by atoms with Crippen molar-refractivity contribution < 1.29 is 18.0 Å². The van der Waals surface area contributed by atoms with E-state index in [2.05, 4.69) is 20.9 Å². The normalized spacial score (nSPS) is 20.2. The maximum atomic E-state index is 12.5. The van der Waals surface area contributed by atoms with Gasteiger partial charge in [0.15, 0.2) is 15.0 Å². The molecule has 1 aromatic rings. The van der Waals surface area contributed by atoms with Crippen molar-refractivity contribution in [3.63, 3.8) is 0 Å². The summed E-state index contributed by atoms with van der Waals surface area (Å²) < 4.78 is 22.9. The van der Waals surface area contributed by atoms with Gasteiger partial charge in [-0.1, -0.05) is 13.8 Å². The second-order valence-electron chi connectivity index (χ2n) is 6.68. The number of urea groups is 1. The number of thiazole rings is 1. The van der Waals surface area contributed by atoms with Crippen molar-refractivity contribution in [2.24, 2.45) is 5.92 Å². The molecule has 0 aliphatic carbocycles. The van der Waals surface area contributed by atoms with E-state index >= 15 is 0 Å². The molecule has 1 aromatic heterocycles. The van der Waals surface area contributed by atoms with Crippen LogP contribution < -0.4 is 16.0 Å². The average molecular weight is 389 g/mol. The van der Waals surface area contributed by atoms with E-state index in [1.54, 1.807) is 0 Å². The van der Waals surface area contributed by atoms with Gasteiger partial charge in [-0.05, 0) is 25.7 Å². The van der Waals surface area contributed by atoms with Crippen molar-refractivity contribution in [3.8, 4) is 0 Å². The molecule has 2 rings (SSSR count). The lowest BCUT2D eigenvalue weighted by Crippen LogP contribution is -2.51. The lowest BCUT2D eigenvalue weighted by Gasteiger charge is -2.21. The van der Waals surface area contributed by atoms with Gasteiger partial charge in [0.25, 0.3) is 0 Å². The summed E-state index contributed by atoms with van der Waals surface area (Å²) in [6, 6.07) is -1.66. The summed E-state index contributed by atoms with van der Waals surface area (Å²) in [5.74, 6) is -0.116. The third-order valence-electron chi connectivity index (χ3n) is 3.75. The lowest BCUT2D eigenvalue weighted by molar-refractivity contribution is -0.118. The SMILES string of the molecule is Cc1csc(NC(=O)[C@@H](CC(C)C)NC(=O)NC2CCS(=O)(=O)C2)n1. The summed E-state index contributed by atoms with van der Waals surface area (Å²) in [6.45, 7) is 5.74. The highest BCUT2D eigenvalue weighted by Gasteiger charge is 2.30. The van der Waals surface area contributed by atoms with Crippen LogP contribution in [-0.2, 0) is 14.6 Å². The van der Waals surface area contributed by atoms with Gasteiger partial charge in [0.1, 0.15) is 6.04 Å². The van der Waals surface area contributed by atoms with Crippen molar-refractivity contribution in [2.75, 3.05) is 16.8 Å². The van der Waals surface area contributed by atoms with E-state index in [0.717, 1.165) is 5.69 Å². The van der Waals surface area contributed by atoms with Gasteiger partial charge in [0.05, 0.1) is 17.2 Å². The van der Waals surface area contributed by atoms with Gasteiger partial charge in [0, 0.05) is 11.4 Å². The first-order valence-electron chi connectivity index (χ1n) is 8.15. The first-order chi connectivity index (χ1) is 11.6. The highest BCUT2D eigenvalue weighted by Crippen LogP contribution is 2.16. The Labute approximate surface area is 151 Å². The van der Waals surface area contributed by atoms with Crippen LogP contribution in [-0.4, -0.2) is 48.9 Å². The summed E-state index contributed by atoms with van der Waals surface area (Å²) in [6.07, 6.45) is 0.863. The average Bonchev–Trinajstić information content (AvgIpc) is 3.03. The fraction of sp³-hybridized carbons (Fsp3) is 0.667. The zero-order valence-corrected chi connectivity index (χ0v) is 16.2. The molecular formula is C15H24N4O4S2. The van der Waals surface area contributed by atoms with Crippen LogP contribution in [0.1, 0.15) is 32.4 Å². The predicted octanol–water partition coefficient (Wildman–Crippen LogP) is 1.29. The molecule has 0 radical (unpaired) electrons. The Morgan fingerprint density at radius 3 is 2.64 bits per heavy atom. The van der Waals surface area contributed by atoms with Gasteiger partial charge in [-0.15, -0.1) is 11.3 Å². The first kappa shape index (κ1) is 19.6. The second-order valence-corrected chi connectivity index (χ2v) is 9.77. The fourth-order valence-corrected chi connectivity index (χ4v) is 4.97. The largest absolute Gasteiger partial charge is 0.334 e. The molecule has 0 bridgehead atoms. The monoisotopic (exact) mass is 388 g/mol. The minimum Gasteiger partial charge on any atom is -0.334 e. The summed E-state index contributed by atoms with van der Waals surface area (Å²) in [7, 11) is -3.07. The molecule has 25 heavy (non-hydrogen) atoms. The summed E-state index contributed by atoms with van der Waals surface area (Å²) in [5.41, 5.74) is 0.814. The van der Waals surface area contributed by atoms with Crippen molar-refractivity contribution in [1.29, 1.82) is 0 Å². The number of nitrogens with zero attached hydrogens (tertiary/aromatic N) is 1. The summed E-state index contributed by atoms with van der Waals surface area (Å²) >= 11 is 1.32. The Kier molecular flexibility index (Phi) is 6.39. The second kappa shape index (κ2) is 8.13. The van der Waals surface area contributed by atoms with Gasteiger partial charge >= 0.3 is 6.03 Å². The molecule has 1 aliphatic rings. The molecule has 0 spiro atoms.